The number of hydrogen-bond acceptors (Lipinski definition) is 4. The van der Waals surface area contributed by atoms with E-state index in [4.69, 9.17) is 38.3 Å². The number of ether oxygens (including phenoxy) is 1. The van der Waals surface area contributed by atoms with Crippen LogP contribution in [-0.4, -0.2) is 54.7 Å². The number of aryl methyl sites for hydroxylation is 1. The number of likely N-dealkylation sites (tertiary alicyclic amines) is 1. The van der Waals surface area contributed by atoms with Gasteiger partial charge in [-0.1, -0.05) is 30.1 Å². The van der Waals surface area contributed by atoms with Gasteiger partial charge in [0.15, 0.2) is 0 Å². The molecule has 2 aliphatic rings. The molecule has 1 aromatic carbocycles. The van der Waals surface area contributed by atoms with Crippen LogP contribution in [0.15, 0.2) is 30.3 Å². The van der Waals surface area contributed by atoms with E-state index in [1.807, 2.05) is 34.9 Å². The van der Waals surface area contributed by atoms with Crippen LogP contribution in [0.3, 0.4) is 0 Å². The summed E-state index contributed by atoms with van der Waals surface area (Å²) < 4.78 is 6.25. The molecule has 8 heteroatoms. The van der Waals surface area contributed by atoms with Crippen molar-refractivity contribution in [1.82, 2.24) is 9.88 Å². The zero-order valence-electron chi connectivity index (χ0n) is 17.4. The fraction of sp³-hybridized carbons (Fsp3) is 0.455. The quantitative estimate of drug-likeness (QED) is 0.711. The number of halogens is 2. The van der Waals surface area contributed by atoms with E-state index in [9.17, 15) is 0 Å². The van der Waals surface area contributed by atoms with Crippen LogP contribution in [0.1, 0.15) is 25.3 Å². The summed E-state index contributed by atoms with van der Waals surface area (Å²) in [7, 11) is 0. The maximum Gasteiger partial charge on any atom is 0.215 e. The highest BCUT2D eigenvalue weighted by atomic mass is 35.5. The second-order valence-electron chi connectivity index (χ2n) is 7.84. The Bertz CT molecular complexity index is 938. The molecule has 0 bridgehead atoms. The minimum absolute atomic E-state index is 0.159. The predicted molar refractivity (Wildman–Crippen MR) is 124 cm³/mol. The number of piperidine rings is 1. The average Bonchev–Trinajstić information content (AvgIpc) is 3.11. The van der Waals surface area contributed by atoms with E-state index < -0.39 is 0 Å². The summed E-state index contributed by atoms with van der Waals surface area (Å²) in [6, 6.07) is 9.41. The van der Waals surface area contributed by atoms with E-state index in [0.717, 1.165) is 49.5 Å². The van der Waals surface area contributed by atoms with Gasteiger partial charge in [0.05, 0.1) is 10.0 Å². The van der Waals surface area contributed by atoms with Gasteiger partial charge in [0.2, 0.25) is 11.8 Å². The third-order valence-electron chi connectivity index (χ3n) is 5.68. The number of aromatic nitrogens is 1. The highest BCUT2D eigenvalue weighted by molar-refractivity contribution is 6.42. The van der Waals surface area contributed by atoms with Gasteiger partial charge >= 0.3 is 0 Å². The molecule has 2 fully saturated rings. The number of pyridine rings is 1. The maximum absolute atomic E-state index is 8.70. The van der Waals surface area contributed by atoms with Crippen LogP contribution in [0.5, 0.6) is 5.88 Å². The predicted octanol–water partition coefficient (Wildman–Crippen LogP) is 4.82. The van der Waals surface area contributed by atoms with Gasteiger partial charge in [0.1, 0.15) is 11.9 Å². The highest BCUT2D eigenvalue weighted by Gasteiger charge is 2.29. The maximum atomic E-state index is 8.70. The number of anilines is 2. The van der Waals surface area contributed by atoms with Crippen LogP contribution in [0.2, 0.25) is 10.0 Å². The topological polar surface area (TPSA) is 55.7 Å². The summed E-state index contributed by atoms with van der Waals surface area (Å²) in [4.78, 5) is 11.0. The Kier molecular flexibility index (Phi) is 6.37. The minimum Gasteiger partial charge on any atom is -0.473 e. The van der Waals surface area contributed by atoms with Crippen molar-refractivity contribution in [2.75, 3.05) is 42.5 Å². The van der Waals surface area contributed by atoms with Gasteiger partial charge in [-0.05, 0) is 62.7 Å². The zero-order valence-corrected chi connectivity index (χ0v) is 18.9. The molecule has 160 valence electrons. The van der Waals surface area contributed by atoms with Crippen molar-refractivity contribution in [2.45, 2.75) is 32.8 Å². The van der Waals surface area contributed by atoms with E-state index in [2.05, 4.69) is 11.8 Å². The van der Waals surface area contributed by atoms with Gasteiger partial charge in [0, 0.05) is 31.4 Å². The first-order valence-electron chi connectivity index (χ1n) is 10.4. The number of hydrogen-bond donors (Lipinski definition) is 1. The molecule has 0 amide bonds. The van der Waals surface area contributed by atoms with Crippen molar-refractivity contribution in [3.05, 3.63) is 45.9 Å². The fourth-order valence-electron chi connectivity index (χ4n) is 4.07. The normalized spacial score (nSPS) is 20.1. The Morgan fingerprint density at radius 3 is 2.67 bits per heavy atom. The number of nitrogens with zero attached hydrogens (tertiary/aromatic N) is 4. The van der Waals surface area contributed by atoms with E-state index in [-0.39, 0.29) is 6.10 Å². The molecule has 1 atom stereocenters. The minimum atomic E-state index is 0.159. The van der Waals surface area contributed by atoms with Crippen molar-refractivity contribution in [3.8, 4) is 5.88 Å². The lowest BCUT2D eigenvalue weighted by Gasteiger charge is -2.31. The van der Waals surface area contributed by atoms with Gasteiger partial charge in [-0.3, -0.25) is 15.2 Å². The lowest BCUT2D eigenvalue weighted by atomic mass is 10.1. The molecule has 0 spiro atoms. The molecule has 1 unspecified atom stereocenters. The molecule has 1 N–H and O–H groups in total. The molecule has 4 rings (SSSR count). The first-order valence-corrected chi connectivity index (χ1v) is 11.2. The van der Waals surface area contributed by atoms with Crippen molar-refractivity contribution in [1.29, 1.82) is 5.41 Å². The fourth-order valence-corrected chi connectivity index (χ4v) is 4.36. The third kappa shape index (κ3) is 4.51. The molecular formula is C22H27Cl2N5O. The van der Waals surface area contributed by atoms with Gasteiger partial charge in [0.25, 0.3) is 0 Å². The Balaban J connectivity index is 1.51. The smallest absolute Gasteiger partial charge is 0.215 e. The monoisotopic (exact) mass is 447 g/mol. The Morgan fingerprint density at radius 2 is 1.90 bits per heavy atom. The average molecular weight is 448 g/mol. The molecule has 0 saturated carbocycles. The van der Waals surface area contributed by atoms with Crippen LogP contribution in [0.4, 0.5) is 11.5 Å². The Hall–Kier alpha value is -2.02. The molecule has 2 saturated heterocycles. The third-order valence-corrected chi connectivity index (χ3v) is 6.42. The lowest BCUT2D eigenvalue weighted by molar-refractivity contribution is 0.0883. The molecule has 0 aliphatic carbocycles. The van der Waals surface area contributed by atoms with Gasteiger partial charge in [-0.2, -0.15) is 4.98 Å². The van der Waals surface area contributed by atoms with Crippen molar-refractivity contribution in [3.63, 3.8) is 0 Å². The summed E-state index contributed by atoms with van der Waals surface area (Å²) in [6.07, 6.45) is 2.35. The van der Waals surface area contributed by atoms with Crippen LogP contribution in [0, 0.1) is 12.3 Å². The summed E-state index contributed by atoms with van der Waals surface area (Å²) in [5.41, 5.74) is 1.92. The number of benzene rings is 1. The van der Waals surface area contributed by atoms with Crippen molar-refractivity contribution >= 4 is 40.7 Å². The molecular weight excluding hydrogens is 421 g/mol. The summed E-state index contributed by atoms with van der Waals surface area (Å²) in [6.45, 7) is 8.68. The first-order chi connectivity index (χ1) is 14.4. The van der Waals surface area contributed by atoms with E-state index in [1.165, 1.54) is 0 Å². The highest BCUT2D eigenvalue weighted by Crippen LogP contribution is 2.31. The molecule has 1 aromatic heterocycles. The molecule has 3 heterocycles. The largest absolute Gasteiger partial charge is 0.473 e. The van der Waals surface area contributed by atoms with E-state index in [1.54, 1.807) is 12.1 Å². The van der Waals surface area contributed by atoms with Gasteiger partial charge < -0.3 is 9.64 Å². The zero-order chi connectivity index (χ0) is 21.3. The number of nitrogens with one attached hydrogen (secondary N) is 1. The van der Waals surface area contributed by atoms with E-state index in [0.29, 0.717) is 35.0 Å². The van der Waals surface area contributed by atoms with Crippen LogP contribution in [0.25, 0.3) is 0 Å². The molecule has 2 aliphatic heterocycles. The van der Waals surface area contributed by atoms with Gasteiger partial charge in [-0.15, -0.1) is 0 Å². The summed E-state index contributed by atoms with van der Waals surface area (Å²) in [5.74, 6) is 1.74. The van der Waals surface area contributed by atoms with Crippen LogP contribution < -0.4 is 14.5 Å². The lowest BCUT2D eigenvalue weighted by Crippen LogP contribution is -2.41. The molecule has 2 aromatic rings. The van der Waals surface area contributed by atoms with E-state index >= 15 is 0 Å². The second kappa shape index (κ2) is 9.00. The number of likely N-dealkylation sites (N-methyl/N-ethyl adjacent to an activating group) is 1. The van der Waals surface area contributed by atoms with Crippen LogP contribution >= 0.6 is 23.2 Å². The van der Waals surface area contributed by atoms with Crippen molar-refractivity contribution in [2.24, 2.45) is 0 Å². The summed E-state index contributed by atoms with van der Waals surface area (Å²) in [5, 5.41) is 9.69. The first kappa shape index (κ1) is 21.2. The van der Waals surface area contributed by atoms with Crippen molar-refractivity contribution < 1.29 is 4.74 Å². The standard InChI is InChI=1S/C22H27Cl2N5O/c1-3-27-8-4-5-17(14-27)30-21-12-15(2)11-20(26-21)29-10-9-28(22(29)25)16-6-7-18(23)19(24)13-16/h6-7,11-13,17,25H,3-5,8-10,14H2,1-2H3. The molecule has 6 nitrogen and oxygen atoms in total. The molecule has 0 radical (unpaired) electrons. The Labute approximate surface area is 187 Å². The number of guanidine groups is 1. The Morgan fingerprint density at radius 1 is 1.10 bits per heavy atom. The van der Waals surface area contributed by atoms with Crippen LogP contribution in [-0.2, 0) is 0 Å². The second-order valence-corrected chi connectivity index (χ2v) is 8.66. The van der Waals surface area contributed by atoms with Gasteiger partial charge in [-0.25, -0.2) is 0 Å². The summed E-state index contributed by atoms with van der Waals surface area (Å²) >= 11 is 12.2. The number of rotatable bonds is 5. The SMILES string of the molecule is CCN1CCCC(Oc2cc(C)cc(N3CCN(c4ccc(Cl)c(Cl)c4)C3=N)n2)C1. The molecule has 30 heavy (non-hydrogen) atoms.